The number of aromatic nitrogens is 3. The molecule has 2 heterocycles. The van der Waals surface area contributed by atoms with Gasteiger partial charge in [-0.1, -0.05) is 42.9 Å². The van der Waals surface area contributed by atoms with E-state index in [-0.39, 0.29) is 11.0 Å². The molecule has 0 saturated carbocycles. The Kier molecular flexibility index (Phi) is 4.87. The van der Waals surface area contributed by atoms with Crippen molar-refractivity contribution >= 4 is 44.9 Å². The van der Waals surface area contributed by atoms with Crippen LogP contribution in [0.5, 0.6) is 0 Å². The number of amides is 1. The lowest BCUT2D eigenvalue weighted by Gasteiger charge is -2.09. The van der Waals surface area contributed by atoms with Crippen molar-refractivity contribution in [1.82, 2.24) is 14.8 Å². The molecule has 8 heteroatoms. The minimum Gasteiger partial charge on any atom is -0.348 e. The van der Waals surface area contributed by atoms with Crippen LogP contribution < -0.4 is 10.7 Å². The number of hydrogen-bond donors (Lipinski definition) is 1. The van der Waals surface area contributed by atoms with Gasteiger partial charge in [-0.2, -0.15) is 0 Å². The number of nitrogens with one attached hydrogen (secondary N) is 1. The summed E-state index contributed by atoms with van der Waals surface area (Å²) in [6.45, 7) is 4.17. The second kappa shape index (κ2) is 6.93. The van der Waals surface area contributed by atoms with Crippen LogP contribution >= 0.6 is 22.9 Å². The smallest absolute Gasteiger partial charge is 0.262 e. The van der Waals surface area contributed by atoms with Gasteiger partial charge in [-0.15, -0.1) is 10.2 Å². The first kappa shape index (κ1) is 17.6. The summed E-state index contributed by atoms with van der Waals surface area (Å²) in [7, 11) is 1.75. The predicted octanol–water partition coefficient (Wildman–Crippen LogP) is 3.49. The molecular weight excluding hydrogens is 360 g/mol. The quantitative estimate of drug-likeness (QED) is 0.756. The second-order valence-electron chi connectivity index (χ2n) is 6.17. The number of nitrogens with zero attached hydrogens (tertiary/aromatic N) is 3. The molecular formula is C17H17ClN4O2S. The Morgan fingerprint density at radius 3 is 2.84 bits per heavy atom. The number of halogens is 1. The third kappa shape index (κ3) is 3.57. The van der Waals surface area contributed by atoms with E-state index in [1.165, 1.54) is 17.5 Å². The fourth-order valence-corrected chi connectivity index (χ4v) is 3.84. The minimum absolute atomic E-state index is 0.0397. The number of rotatable bonds is 4. The van der Waals surface area contributed by atoms with Gasteiger partial charge in [0, 0.05) is 25.1 Å². The van der Waals surface area contributed by atoms with Gasteiger partial charge in [0.05, 0.1) is 10.5 Å². The number of anilines is 1. The van der Waals surface area contributed by atoms with Gasteiger partial charge in [0.15, 0.2) is 0 Å². The van der Waals surface area contributed by atoms with Crippen LogP contribution in [0.15, 0.2) is 29.2 Å². The lowest BCUT2D eigenvalue weighted by molar-refractivity contribution is 0.102. The molecule has 25 heavy (non-hydrogen) atoms. The summed E-state index contributed by atoms with van der Waals surface area (Å²) in [5.41, 5.74) is 0.277. The van der Waals surface area contributed by atoms with E-state index in [1.807, 2.05) is 0 Å². The van der Waals surface area contributed by atoms with Gasteiger partial charge in [-0.25, -0.2) is 0 Å². The molecule has 1 aromatic carbocycles. The molecule has 0 bridgehead atoms. The highest BCUT2D eigenvalue weighted by atomic mass is 35.5. The molecule has 1 N–H and O–H groups in total. The zero-order valence-corrected chi connectivity index (χ0v) is 15.6. The van der Waals surface area contributed by atoms with E-state index in [0.29, 0.717) is 27.0 Å². The lowest BCUT2D eigenvalue weighted by Crippen LogP contribution is -2.23. The van der Waals surface area contributed by atoms with E-state index in [0.717, 1.165) is 11.4 Å². The number of pyridine rings is 1. The third-order valence-electron chi connectivity index (χ3n) is 3.67. The van der Waals surface area contributed by atoms with Crippen LogP contribution in [-0.4, -0.2) is 20.7 Å². The summed E-state index contributed by atoms with van der Waals surface area (Å²) in [6.07, 6.45) is 2.28. The molecule has 1 amide bonds. The normalized spacial score (nSPS) is 11.2. The maximum atomic E-state index is 12.6. The molecule has 0 fully saturated rings. The maximum Gasteiger partial charge on any atom is 0.262 e. The topological polar surface area (TPSA) is 76.9 Å². The van der Waals surface area contributed by atoms with E-state index in [1.54, 1.807) is 29.8 Å². The van der Waals surface area contributed by atoms with Gasteiger partial charge in [0.1, 0.15) is 10.6 Å². The van der Waals surface area contributed by atoms with Crippen molar-refractivity contribution in [2.75, 3.05) is 5.32 Å². The summed E-state index contributed by atoms with van der Waals surface area (Å²) in [6, 6.07) is 5.06. The fourth-order valence-electron chi connectivity index (χ4n) is 2.58. The molecule has 0 aliphatic heterocycles. The standard InChI is InChI=1S/C17H17ClN4O2S/c1-9(2)7-13-20-21-17(25-13)19-16(24)11-8-22(3)14-10(15(11)23)5-4-6-12(14)18/h4-6,8-9H,7H2,1-3H3,(H,19,21,24). The first-order valence-corrected chi connectivity index (χ1v) is 8.98. The van der Waals surface area contributed by atoms with Crippen LogP contribution in [0.2, 0.25) is 5.02 Å². The first-order chi connectivity index (χ1) is 11.9. The zero-order chi connectivity index (χ0) is 18.1. The Morgan fingerprint density at radius 1 is 1.36 bits per heavy atom. The first-order valence-electron chi connectivity index (χ1n) is 7.78. The highest BCUT2D eigenvalue weighted by Gasteiger charge is 2.17. The van der Waals surface area contributed by atoms with Crippen LogP contribution in [-0.2, 0) is 13.5 Å². The highest BCUT2D eigenvalue weighted by molar-refractivity contribution is 7.15. The average Bonchev–Trinajstić information content (AvgIpc) is 2.96. The van der Waals surface area contributed by atoms with Crippen molar-refractivity contribution in [3.8, 4) is 0 Å². The van der Waals surface area contributed by atoms with Crippen LogP contribution in [0.1, 0.15) is 29.2 Å². The number of fused-ring (bicyclic) bond motifs is 1. The Bertz CT molecular complexity index is 1010. The van der Waals surface area contributed by atoms with Crippen molar-refractivity contribution in [3.05, 3.63) is 50.2 Å². The Balaban J connectivity index is 1.94. The molecule has 130 valence electrons. The number of benzene rings is 1. The van der Waals surface area contributed by atoms with Crippen LogP contribution in [0, 0.1) is 5.92 Å². The van der Waals surface area contributed by atoms with Gasteiger partial charge in [-0.05, 0) is 18.1 Å². The van der Waals surface area contributed by atoms with E-state index < -0.39 is 5.91 Å². The molecule has 0 aliphatic rings. The van der Waals surface area contributed by atoms with Crippen molar-refractivity contribution < 1.29 is 4.79 Å². The molecule has 0 saturated heterocycles. The zero-order valence-electron chi connectivity index (χ0n) is 14.0. The van der Waals surface area contributed by atoms with Crippen molar-refractivity contribution in [1.29, 1.82) is 0 Å². The van der Waals surface area contributed by atoms with Crippen LogP contribution in [0.25, 0.3) is 10.9 Å². The Morgan fingerprint density at radius 2 is 2.12 bits per heavy atom. The summed E-state index contributed by atoms with van der Waals surface area (Å²) in [5.74, 6) is -0.0521. The van der Waals surface area contributed by atoms with E-state index >= 15 is 0 Å². The number of hydrogen-bond acceptors (Lipinski definition) is 5. The molecule has 6 nitrogen and oxygen atoms in total. The molecule has 0 spiro atoms. The fraction of sp³-hybridized carbons (Fsp3) is 0.294. The molecule has 0 aliphatic carbocycles. The lowest BCUT2D eigenvalue weighted by atomic mass is 10.1. The van der Waals surface area contributed by atoms with Crippen LogP contribution in [0.3, 0.4) is 0 Å². The third-order valence-corrected chi connectivity index (χ3v) is 4.83. The second-order valence-corrected chi connectivity index (χ2v) is 7.64. The molecule has 0 unspecified atom stereocenters. The summed E-state index contributed by atoms with van der Waals surface area (Å²) < 4.78 is 1.68. The number of carbonyl (C=O) groups is 1. The van der Waals surface area contributed by atoms with Crippen molar-refractivity contribution in [2.45, 2.75) is 20.3 Å². The van der Waals surface area contributed by atoms with E-state index in [2.05, 4.69) is 29.4 Å². The summed E-state index contributed by atoms with van der Waals surface area (Å²) >= 11 is 7.48. The number of para-hydroxylation sites is 1. The molecule has 0 radical (unpaired) electrons. The Labute approximate surface area is 153 Å². The van der Waals surface area contributed by atoms with Gasteiger partial charge >= 0.3 is 0 Å². The molecule has 2 aromatic heterocycles. The van der Waals surface area contributed by atoms with E-state index in [9.17, 15) is 9.59 Å². The molecule has 3 aromatic rings. The SMILES string of the molecule is CC(C)Cc1nnc(NC(=O)c2cn(C)c3c(Cl)cccc3c2=O)s1. The largest absolute Gasteiger partial charge is 0.348 e. The van der Waals surface area contributed by atoms with Gasteiger partial charge < -0.3 is 4.57 Å². The van der Waals surface area contributed by atoms with Gasteiger partial charge in [0.25, 0.3) is 5.91 Å². The number of carbonyl (C=O) groups excluding carboxylic acids is 1. The van der Waals surface area contributed by atoms with Gasteiger partial charge in [0.2, 0.25) is 10.6 Å². The monoisotopic (exact) mass is 376 g/mol. The van der Waals surface area contributed by atoms with Crippen LogP contribution in [0.4, 0.5) is 5.13 Å². The van der Waals surface area contributed by atoms with Gasteiger partial charge in [-0.3, -0.25) is 14.9 Å². The minimum atomic E-state index is -0.505. The van der Waals surface area contributed by atoms with Crippen molar-refractivity contribution in [2.24, 2.45) is 13.0 Å². The molecule has 0 atom stereocenters. The average molecular weight is 377 g/mol. The highest BCUT2D eigenvalue weighted by Crippen LogP contribution is 2.22. The summed E-state index contributed by atoms with van der Waals surface area (Å²) in [4.78, 5) is 25.2. The predicted molar refractivity (Wildman–Crippen MR) is 101 cm³/mol. The van der Waals surface area contributed by atoms with E-state index in [4.69, 9.17) is 11.6 Å². The van der Waals surface area contributed by atoms with Crippen molar-refractivity contribution in [3.63, 3.8) is 0 Å². The molecule has 3 rings (SSSR count). The Hall–Kier alpha value is -2.25. The maximum absolute atomic E-state index is 12.6. The number of aryl methyl sites for hydroxylation is 1. The summed E-state index contributed by atoms with van der Waals surface area (Å²) in [5, 5.41) is 12.8.